The highest BCUT2D eigenvalue weighted by Crippen LogP contribution is 2.59. The first-order valence-corrected chi connectivity index (χ1v) is 8.32. The molecule has 1 heterocycles. The summed E-state index contributed by atoms with van der Waals surface area (Å²) >= 11 is 3.50. The monoisotopic (exact) mass is 309 g/mol. The second-order valence-corrected chi connectivity index (χ2v) is 7.18. The number of aromatic nitrogens is 3. The van der Waals surface area contributed by atoms with Crippen molar-refractivity contribution in [2.24, 2.45) is 30.7 Å². The third-order valence-corrected chi connectivity index (χ3v) is 6.14. The van der Waals surface area contributed by atoms with E-state index in [1.807, 2.05) is 0 Å². The minimum atomic E-state index is 0.697. The largest absolute Gasteiger partial charge is 0.317 e. The van der Waals surface area contributed by atoms with E-state index in [9.17, 15) is 0 Å². The van der Waals surface area contributed by atoms with Gasteiger partial charge in [0.1, 0.15) is 11.6 Å². The Balaban J connectivity index is 1.70. The van der Waals surface area contributed by atoms with Crippen LogP contribution in [-0.4, -0.2) is 14.8 Å². The molecule has 0 aliphatic heterocycles. The van der Waals surface area contributed by atoms with Gasteiger partial charge in [0.2, 0.25) is 0 Å². The molecule has 4 fully saturated rings. The zero-order chi connectivity index (χ0) is 12.3. The molecule has 4 heteroatoms. The molecule has 18 heavy (non-hydrogen) atoms. The van der Waals surface area contributed by atoms with Crippen molar-refractivity contribution in [3.63, 3.8) is 0 Å². The Bertz CT molecular complexity index is 440. The fourth-order valence-electron chi connectivity index (χ4n) is 5.13. The minimum Gasteiger partial charge on any atom is -0.317 e. The van der Waals surface area contributed by atoms with Crippen molar-refractivity contribution < 1.29 is 0 Å². The highest BCUT2D eigenvalue weighted by molar-refractivity contribution is 9.08. The van der Waals surface area contributed by atoms with Gasteiger partial charge in [-0.1, -0.05) is 15.9 Å². The molecular weight excluding hydrogens is 290 g/mol. The van der Waals surface area contributed by atoms with E-state index in [2.05, 4.69) is 37.7 Å². The van der Waals surface area contributed by atoms with Crippen molar-refractivity contribution in [3.05, 3.63) is 11.6 Å². The summed E-state index contributed by atoms with van der Waals surface area (Å²) in [4.78, 5) is 0. The van der Waals surface area contributed by atoms with Crippen LogP contribution in [0.5, 0.6) is 0 Å². The molecule has 0 aromatic carbocycles. The number of hydrogen-bond donors (Lipinski definition) is 0. The van der Waals surface area contributed by atoms with Gasteiger partial charge in [0.15, 0.2) is 0 Å². The van der Waals surface area contributed by atoms with Crippen molar-refractivity contribution in [1.82, 2.24) is 14.8 Å². The third kappa shape index (κ3) is 1.54. The maximum atomic E-state index is 4.52. The van der Waals surface area contributed by atoms with Crippen LogP contribution in [0.4, 0.5) is 0 Å². The number of halogens is 1. The van der Waals surface area contributed by atoms with Gasteiger partial charge in [0.05, 0.1) is 5.33 Å². The zero-order valence-corrected chi connectivity index (χ0v) is 12.4. The lowest BCUT2D eigenvalue weighted by atomic mass is 9.51. The first-order chi connectivity index (χ1) is 8.76. The molecule has 5 rings (SSSR count). The van der Waals surface area contributed by atoms with Crippen LogP contribution in [0.3, 0.4) is 0 Å². The first kappa shape index (κ1) is 11.4. The summed E-state index contributed by atoms with van der Waals surface area (Å²) in [6.45, 7) is 0. The van der Waals surface area contributed by atoms with Gasteiger partial charge < -0.3 is 4.57 Å². The van der Waals surface area contributed by atoms with E-state index in [1.165, 1.54) is 37.9 Å². The van der Waals surface area contributed by atoms with Gasteiger partial charge in [-0.05, 0) is 55.8 Å². The number of alkyl halides is 1. The van der Waals surface area contributed by atoms with E-state index in [-0.39, 0.29) is 0 Å². The molecule has 1 aromatic heterocycles. The molecule has 1 aromatic rings. The van der Waals surface area contributed by atoms with Crippen molar-refractivity contribution in [2.45, 2.75) is 43.4 Å². The van der Waals surface area contributed by atoms with Crippen LogP contribution < -0.4 is 0 Å². The molecule has 0 amide bonds. The molecule has 3 nitrogen and oxygen atoms in total. The Morgan fingerprint density at radius 2 is 1.67 bits per heavy atom. The third-order valence-electron chi connectivity index (χ3n) is 5.64. The van der Waals surface area contributed by atoms with Gasteiger partial charge in [-0.15, -0.1) is 10.2 Å². The molecule has 0 unspecified atom stereocenters. The van der Waals surface area contributed by atoms with Crippen LogP contribution in [0.15, 0.2) is 0 Å². The average Bonchev–Trinajstić information content (AvgIpc) is 2.70. The van der Waals surface area contributed by atoms with E-state index < -0.39 is 0 Å². The molecule has 0 spiro atoms. The molecule has 4 aliphatic carbocycles. The summed E-state index contributed by atoms with van der Waals surface area (Å²) < 4.78 is 2.24. The second kappa shape index (κ2) is 4.06. The normalized spacial score (nSPS) is 41.6. The topological polar surface area (TPSA) is 30.7 Å². The zero-order valence-electron chi connectivity index (χ0n) is 10.8. The second-order valence-electron chi connectivity index (χ2n) is 6.62. The highest BCUT2D eigenvalue weighted by Gasteiger charge is 2.50. The molecule has 98 valence electrons. The molecule has 0 N–H and O–H groups in total. The lowest BCUT2D eigenvalue weighted by molar-refractivity contribution is -0.00663. The Morgan fingerprint density at radius 1 is 1.06 bits per heavy atom. The molecule has 0 saturated heterocycles. The van der Waals surface area contributed by atoms with Gasteiger partial charge in [0.25, 0.3) is 0 Å². The number of nitrogens with zero attached hydrogens (tertiary/aromatic N) is 3. The van der Waals surface area contributed by atoms with Crippen LogP contribution in [0.1, 0.15) is 49.7 Å². The van der Waals surface area contributed by atoms with E-state index in [1.54, 1.807) is 0 Å². The predicted molar refractivity (Wildman–Crippen MR) is 73.4 cm³/mol. The van der Waals surface area contributed by atoms with Gasteiger partial charge in [-0.25, -0.2) is 0 Å². The lowest BCUT2D eigenvalue weighted by Crippen LogP contribution is -2.44. The fraction of sp³-hybridized carbons (Fsp3) is 0.857. The predicted octanol–water partition coefficient (Wildman–Crippen LogP) is 3.25. The fourth-order valence-corrected chi connectivity index (χ4v) is 5.62. The average molecular weight is 310 g/mol. The van der Waals surface area contributed by atoms with Crippen LogP contribution in [0, 0.1) is 23.7 Å². The van der Waals surface area contributed by atoms with Crippen molar-refractivity contribution in [2.75, 3.05) is 0 Å². The Morgan fingerprint density at radius 3 is 2.17 bits per heavy atom. The van der Waals surface area contributed by atoms with Crippen LogP contribution in [0.25, 0.3) is 0 Å². The summed E-state index contributed by atoms with van der Waals surface area (Å²) in [5, 5.41) is 9.66. The maximum Gasteiger partial charge on any atom is 0.143 e. The van der Waals surface area contributed by atoms with Crippen molar-refractivity contribution in [3.8, 4) is 0 Å². The van der Waals surface area contributed by atoms with Gasteiger partial charge in [0, 0.05) is 13.0 Å². The Kier molecular flexibility index (Phi) is 2.58. The summed E-state index contributed by atoms with van der Waals surface area (Å²) in [7, 11) is 2.14. The van der Waals surface area contributed by atoms with E-state index in [0.29, 0.717) is 5.92 Å². The smallest absolute Gasteiger partial charge is 0.143 e. The lowest BCUT2D eigenvalue weighted by Gasteiger charge is -2.53. The van der Waals surface area contributed by atoms with Gasteiger partial charge in [-0.3, -0.25) is 0 Å². The summed E-state index contributed by atoms with van der Waals surface area (Å²) in [5.41, 5.74) is 0. The van der Waals surface area contributed by atoms with Crippen LogP contribution in [-0.2, 0) is 12.4 Å². The number of rotatable bonds is 2. The Hall–Kier alpha value is -0.380. The molecule has 4 saturated carbocycles. The quantitative estimate of drug-likeness (QED) is 0.785. The molecule has 4 bridgehead atoms. The summed E-state index contributed by atoms with van der Waals surface area (Å²) in [6, 6.07) is 0. The van der Waals surface area contributed by atoms with E-state index in [0.717, 1.165) is 34.8 Å². The summed E-state index contributed by atoms with van der Waals surface area (Å²) in [6.07, 6.45) is 7.33. The maximum absolute atomic E-state index is 4.52. The van der Waals surface area contributed by atoms with Crippen LogP contribution >= 0.6 is 15.9 Å². The molecular formula is C14H20BrN3. The van der Waals surface area contributed by atoms with E-state index in [4.69, 9.17) is 0 Å². The van der Waals surface area contributed by atoms with E-state index >= 15 is 0 Å². The van der Waals surface area contributed by atoms with Gasteiger partial charge in [-0.2, -0.15) is 0 Å². The molecule has 0 atom stereocenters. The molecule has 4 aliphatic rings. The first-order valence-electron chi connectivity index (χ1n) is 7.20. The van der Waals surface area contributed by atoms with Gasteiger partial charge >= 0.3 is 0 Å². The summed E-state index contributed by atoms with van der Waals surface area (Å²) in [5.74, 6) is 6.89. The highest BCUT2D eigenvalue weighted by atomic mass is 79.9. The van der Waals surface area contributed by atoms with Crippen molar-refractivity contribution in [1.29, 1.82) is 0 Å². The number of hydrogen-bond acceptors (Lipinski definition) is 2. The minimum absolute atomic E-state index is 0.697. The Labute approximate surface area is 116 Å². The van der Waals surface area contributed by atoms with Crippen LogP contribution in [0.2, 0.25) is 0 Å². The van der Waals surface area contributed by atoms with Crippen molar-refractivity contribution >= 4 is 15.9 Å². The molecule has 0 radical (unpaired) electrons. The SMILES string of the molecule is Cn1c(CBr)nnc1C1C2CC3CC(C2)CC1C3. The standard InChI is InChI=1S/C14H20BrN3/c1-18-12(7-15)16-17-14(18)13-10-3-8-2-9(5-10)6-11(13)4-8/h8-11,13H,2-7H2,1H3.